The monoisotopic (exact) mass is 267 g/mol. The van der Waals surface area contributed by atoms with Gasteiger partial charge in [0.15, 0.2) is 0 Å². The number of ether oxygens (including phenoxy) is 1. The van der Waals surface area contributed by atoms with Gasteiger partial charge in [0.25, 0.3) is 0 Å². The van der Waals surface area contributed by atoms with Crippen molar-refractivity contribution >= 4 is 5.97 Å². The second-order valence-corrected chi connectivity index (χ2v) is 4.79. The quantitative estimate of drug-likeness (QED) is 0.805. The molecule has 0 aliphatic heterocycles. The molecule has 0 aromatic heterocycles. The van der Waals surface area contributed by atoms with Crippen LogP contribution in [0.15, 0.2) is 24.3 Å². The Balaban J connectivity index is 3.26. The molecule has 1 N–H and O–H groups in total. The molecular weight excluding hydrogens is 245 g/mol. The number of carbonyl (C=O) groups is 1. The summed E-state index contributed by atoms with van der Waals surface area (Å²) in [5, 5.41) is 3.23. The lowest BCUT2D eigenvalue weighted by molar-refractivity contribution is -0.152. The van der Waals surface area contributed by atoms with Crippen LogP contribution >= 0.6 is 0 Å². The van der Waals surface area contributed by atoms with Crippen molar-refractivity contribution in [2.45, 2.75) is 45.7 Å². The molecule has 0 fully saturated rings. The lowest BCUT2D eigenvalue weighted by atomic mass is 9.86. The molecule has 1 rings (SSSR count). The van der Waals surface area contributed by atoms with Crippen molar-refractivity contribution in [3.05, 3.63) is 35.6 Å². The van der Waals surface area contributed by atoms with Crippen molar-refractivity contribution < 1.29 is 13.9 Å². The van der Waals surface area contributed by atoms with E-state index >= 15 is 0 Å². The average Bonchev–Trinajstić information content (AvgIpc) is 2.36. The van der Waals surface area contributed by atoms with Gasteiger partial charge in [-0.05, 0) is 44.9 Å². The van der Waals surface area contributed by atoms with Gasteiger partial charge in [0.05, 0.1) is 6.61 Å². The van der Waals surface area contributed by atoms with Gasteiger partial charge in [-0.15, -0.1) is 0 Å². The predicted octanol–water partition coefficient (Wildman–Crippen LogP) is 2.99. The molecule has 0 aliphatic carbocycles. The Bertz CT molecular complexity index is 434. The van der Waals surface area contributed by atoms with E-state index in [-0.39, 0.29) is 17.8 Å². The molecule has 1 atom stereocenters. The second kappa shape index (κ2) is 6.66. The van der Waals surface area contributed by atoms with Crippen LogP contribution in [-0.2, 0) is 15.1 Å². The van der Waals surface area contributed by atoms with Gasteiger partial charge in [-0.25, -0.2) is 9.18 Å². The molecule has 106 valence electrons. The van der Waals surface area contributed by atoms with Crippen LogP contribution < -0.4 is 5.32 Å². The topological polar surface area (TPSA) is 38.3 Å². The summed E-state index contributed by atoms with van der Waals surface area (Å²) >= 11 is 0. The molecule has 0 spiro atoms. The fraction of sp³-hybridized carbons (Fsp3) is 0.533. The predicted molar refractivity (Wildman–Crippen MR) is 73.3 cm³/mol. The summed E-state index contributed by atoms with van der Waals surface area (Å²) in [7, 11) is 0. The first kappa shape index (κ1) is 15.6. The Morgan fingerprint density at radius 1 is 1.42 bits per heavy atom. The Morgan fingerprint density at radius 2 is 2.11 bits per heavy atom. The van der Waals surface area contributed by atoms with Gasteiger partial charge < -0.3 is 4.74 Å². The van der Waals surface area contributed by atoms with Gasteiger partial charge >= 0.3 is 5.97 Å². The molecule has 3 nitrogen and oxygen atoms in total. The number of benzene rings is 1. The molecule has 4 heteroatoms. The van der Waals surface area contributed by atoms with Crippen molar-refractivity contribution in [2.75, 3.05) is 6.61 Å². The first-order valence-electron chi connectivity index (χ1n) is 6.67. The highest BCUT2D eigenvalue weighted by Crippen LogP contribution is 2.28. The summed E-state index contributed by atoms with van der Waals surface area (Å²) in [4.78, 5) is 12.3. The Kier molecular flexibility index (Phi) is 5.48. The van der Waals surface area contributed by atoms with E-state index in [0.717, 1.165) is 0 Å². The minimum absolute atomic E-state index is 0.0765. The molecule has 1 aromatic rings. The lowest BCUT2D eigenvalue weighted by Crippen LogP contribution is -2.52. The number of halogens is 1. The smallest absolute Gasteiger partial charge is 0.330 e. The van der Waals surface area contributed by atoms with Crippen molar-refractivity contribution in [3.63, 3.8) is 0 Å². The van der Waals surface area contributed by atoms with E-state index in [1.165, 1.54) is 12.1 Å². The average molecular weight is 267 g/mol. The largest absolute Gasteiger partial charge is 0.464 e. The molecule has 0 radical (unpaired) electrons. The van der Waals surface area contributed by atoms with E-state index in [1.807, 2.05) is 20.8 Å². The van der Waals surface area contributed by atoms with Crippen LogP contribution in [-0.4, -0.2) is 18.6 Å². The molecule has 19 heavy (non-hydrogen) atoms. The van der Waals surface area contributed by atoms with E-state index in [2.05, 4.69) is 5.32 Å². The summed E-state index contributed by atoms with van der Waals surface area (Å²) in [6.45, 7) is 7.85. The second-order valence-electron chi connectivity index (χ2n) is 4.79. The summed E-state index contributed by atoms with van der Waals surface area (Å²) in [6.07, 6.45) is 0.494. The molecular formula is C15H22FNO2. The zero-order valence-electron chi connectivity index (χ0n) is 12.0. The molecule has 0 heterocycles. The molecule has 0 amide bonds. The van der Waals surface area contributed by atoms with Crippen molar-refractivity contribution in [3.8, 4) is 0 Å². The fourth-order valence-electron chi connectivity index (χ4n) is 2.21. The maximum absolute atomic E-state index is 13.4. The van der Waals surface area contributed by atoms with Crippen LogP contribution in [0.3, 0.4) is 0 Å². The van der Waals surface area contributed by atoms with Gasteiger partial charge in [0, 0.05) is 6.04 Å². The zero-order valence-corrected chi connectivity index (χ0v) is 12.0. The number of carbonyl (C=O) groups excluding carboxylic acids is 1. The first-order valence-corrected chi connectivity index (χ1v) is 6.67. The summed E-state index contributed by atoms with van der Waals surface area (Å²) in [5.74, 6) is -0.720. The zero-order chi connectivity index (χ0) is 14.5. The number of nitrogens with one attached hydrogen (secondary N) is 1. The standard InChI is InChI=1S/C15H22FNO2/c1-5-15(17-11(3)4,14(18)19-6-2)12-8-7-9-13(16)10-12/h7-11,17H,5-6H2,1-4H3. The fourth-order valence-corrected chi connectivity index (χ4v) is 2.21. The Morgan fingerprint density at radius 3 is 2.58 bits per heavy atom. The molecule has 1 aromatic carbocycles. The maximum Gasteiger partial charge on any atom is 0.330 e. The van der Waals surface area contributed by atoms with Crippen molar-refractivity contribution in [1.29, 1.82) is 0 Å². The molecule has 0 aliphatic rings. The molecule has 0 saturated carbocycles. The minimum atomic E-state index is -0.994. The number of hydrogen-bond acceptors (Lipinski definition) is 3. The summed E-state index contributed by atoms with van der Waals surface area (Å²) < 4.78 is 18.6. The number of rotatable bonds is 6. The normalized spacial score (nSPS) is 14.2. The SMILES string of the molecule is CCOC(=O)C(CC)(NC(C)C)c1cccc(F)c1. The minimum Gasteiger partial charge on any atom is -0.464 e. The van der Waals surface area contributed by atoms with E-state index in [1.54, 1.807) is 19.1 Å². The van der Waals surface area contributed by atoms with Crippen LogP contribution in [0.2, 0.25) is 0 Å². The van der Waals surface area contributed by atoms with E-state index in [9.17, 15) is 9.18 Å². The molecule has 0 saturated heterocycles. The highest BCUT2D eigenvalue weighted by Gasteiger charge is 2.40. The van der Waals surface area contributed by atoms with Crippen LogP contribution in [0.25, 0.3) is 0 Å². The molecule has 0 bridgehead atoms. The third-order valence-corrected chi connectivity index (χ3v) is 3.01. The van der Waals surface area contributed by atoms with Gasteiger partial charge in [0.1, 0.15) is 11.4 Å². The maximum atomic E-state index is 13.4. The highest BCUT2D eigenvalue weighted by molar-refractivity contribution is 5.82. The van der Waals surface area contributed by atoms with Crippen LogP contribution in [0, 0.1) is 5.82 Å². The van der Waals surface area contributed by atoms with E-state index in [4.69, 9.17) is 4.74 Å². The Hall–Kier alpha value is -1.42. The first-order chi connectivity index (χ1) is 8.96. The van der Waals surface area contributed by atoms with Gasteiger partial charge in [-0.3, -0.25) is 5.32 Å². The van der Waals surface area contributed by atoms with Crippen LogP contribution in [0.1, 0.15) is 39.7 Å². The number of hydrogen-bond donors (Lipinski definition) is 1. The third kappa shape index (κ3) is 3.53. The molecule has 1 unspecified atom stereocenters. The third-order valence-electron chi connectivity index (χ3n) is 3.01. The lowest BCUT2D eigenvalue weighted by Gasteiger charge is -2.34. The summed E-state index contributed by atoms with van der Waals surface area (Å²) in [5.41, 5.74) is -0.395. The van der Waals surface area contributed by atoms with Gasteiger partial charge in [0.2, 0.25) is 0 Å². The highest BCUT2D eigenvalue weighted by atomic mass is 19.1. The van der Waals surface area contributed by atoms with E-state index in [0.29, 0.717) is 18.6 Å². The van der Waals surface area contributed by atoms with Gasteiger partial charge in [-0.2, -0.15) is 0 Å². The van der Waals surface area contributed by atoms with E-state index < -0.39 is 5.54 Å². The van der Waals surface area contributed by atoms with Crippen LogP contribution in [0.5, 0.6) is 0 Å². The van der Waals surface area contributed by atoms with Crippen molar-refractivity contribution in [2.24, 2.45) is 0 Å². The van der Waals surface area contributed by atoms with Crippen molar-refractivity contribution in [1.82, 2.24) is 5.32 Å². The number of esters is 1. The van der Waals surface area contributed by atoms with Crippen LogP contribution in [0.4, 0.5) is 4.39 Å². The van der Waals surface area contributed by atoms with Gasteiger partial charge in [-0.1, -0.05) is 19.1 Å². The summed E-state index contributed by atoms with van der Waals surface area (Å²) in [6, 6.07) is 6.18. The Labute approximate surface area is 114 Å².